The largest absolute Gasteiger partial charge is 0.338 e. The van der Waals surface area contributed by atoms with E-state index in [0.717, 1.165) is 6.42 Å². The second-order valence-electron chi connectivity index (χ2n) is 4.26. The third-order valence-corrected chi connectivity index (χ3v) is 3.53. The van der Waals surface area contributed by atoms with Gasteiger partial charge in [-0.3, -0.25) is 0 Å². The van der Waals surface area contributed by atoms with Crippen LogP contribution in [0.5, 0.6) is 0 Å². The van der Waals surface area contributed by atoms with Crippen molar-refractivity contribution in [2.45, 2.75) is 33.2 Å². The van der Waals surface area contributed by atoms with Gasteiger partial charge in [-0.25, -0.2) is 4.79 Å². The molecule has 1 atom stereocenters. The molecular weight excluding hydrogens is 220 g/mol. The lowest BCUT2D eigenvalue weighted by Crippen LogP contribution is -2.43. The summed E-state index contributed by atoms with van der Waals surface area (Å²) in [6.45, 7) is 6.90. The van der Waals surface area contributed by atoms with Gasteiger partial charge in [-0.05, 0) is 30.7 Å². The first-order valence-electron chi connectivity index (χ1n) is 5.66. The highest BCUT2D eigenvalue weighted by atomic mass is 32.1. The predicted octanol–water partition coefficient (Wildman–Crippen LogP) is 2.63. The number of hydrogen-bond donors (Lipinski definition) is 2. The molecule has 1 rings (SSSR count). The van der Waals surface area contributed by atoms with E-state index in [2.05, 4.69) is 35.9 Å². The number of urea groups is 1. The second-order valence-corrected chi connectivity index (χ2v) is 5.29. The van der Waals surface area contributed by atoms with E-state index in [0.29, 0.717) is 12.5 Å². The number of rotatable bonds is 5. The quantitative estimate of drug-likeness (QED) is 0.816. The Kier molecular flexibility index (Phi) is 5.32. The standard InChI is InChI=1S/C12H20N2OS/c1-9(2)10(3)14-12(15)13-7-6-11-5-4-8-16-11/h4-5,8-10H,6-7H2,1-3H3,(H2,13,14,15). The van der Waals surface area contributed by atoms with Crippen molar-refractivity contribution in [1.82, 2.24) is 10.6 Å². The molecular formula is C12H20N2OS. The summed E-state index contributed by atoms with van der Waals surface area (Å²) in [4.78, 5) is 12.8. The third kappa shape index (κ3) is 4.66. The molecule has 1 aromatic rings. The highest BCUT2D eigenvalue weighted by Crippen LogP contribution is 2.08. The Hall–Kier alpha value is -1.03. The lowest BCUT2D eigenvalue weighted by molar-refractivity contribution is 0.234. The van der Waals surface area contributed by atoms with Crippen LogP contribution in [0.15, 0.2) is 17.5 Å². The number of thiophene rings is 1. The van der Waals surface area contributed by atoms with Crippen LogP contribution in [0.2, 0.25) is 0 Å². The number of hydrogen-bond acceptors (Lipinski definition) is 2. The average molecular weight is 240 g/mol. The monoisotopic (exact) mass is 240 g/mol. The minimum absolute atomic E-state index is 0.0715. The van der Waals surface area contributed by atoms with Gasteiger partial charge in [-0.1, -0.05) is 19.9 Å². The summed E-state index contributed by atoms with van der Waals surface area (Å²) in [7, 11) is 0. The lowest BCUT2D eigenvalue weighted by atomic mass is 10.1. The van der Waals surface area contributed by atoms with Gasteiger partial charge in [0.25, 0.3) is 0 Å². The summed E-state index contributed by atoms with van der Waals surface area (Å²) >= 11 is 1.72. The zero-order valence-corrected chi connectivity index (χ0v) is 10.9. The summed E-state index contributed by atoms with van der Waals surface area (Å²) < 4.78 is 0. The van der Waals surface area contributed by atoms with Crippen LogP contribution in [-0.4, -0.2) is 18.6 Å². The molecule has 1 unspecified atom stereocenters. The molecule has 0 spiro atoms. The topological polar surface area (TPSA) is 41.1 Å². The maximum absolute atomic E-state index is 11.5. The van der Waals surface area contributed by atoms with Gasteiger partial charge in [0.15, 0.2) is 0 Å². The maximum atomic E-state index is 11.5. The molecule has 0 aromatic carbocycles. The van der Waals surface area contributed by atoms with E-state index in [9.17, 15) is 4.79 Å². The molecule has 0 aliphatic carbocycles. The van der Waals surface area contributed by atoms with Crippen LogP contribution in [0.1, 0.15) is 25.6 Å². The molecule has 1 aromatic heterocycles. The van der Waals surface area contributed by atoms with E-state index in [1.807, 2.05) is 13.0 Å². The minimum Gasteiger partial charge on any atom is -0.338 e. The molecule has 0 saturated carbocycles. The fourth-order valence-electron chi connectivity index (χ4n) is 1.18. The van der Waals surface area contributed by atoms with Crippen LogP contribution in [0, 0.1) is 5.92 Å². The highest BCUT2D eigenvalue weighted by molar-refractivity contribution is 7.09. The Bertz CT molecular complexity index is 309. The zero-order valence-electron chi connectivity index (χ0n) is 10.1. The molecule has 90 valence electrons. The average Bonchev–Trinajstić information content (AvgIpc) is 2.70. The number of carbonyl (C=O) groups excluding carboxylic acids is 1. The maximum Gasteiger partial charge on any atom is 0.315 e. The molecule has 16 heavy (non-hydrogen) atoms. The van der Waals surface area contributed by atoms with Gasteiger partial charge in [0.1, 0.15) is 0 Å². The van der Waals surface area contributed by atoms with Crippen molar-refractivity contribution in [2.75, 3.05) is 6.54 Å². The fourth-order valence-corrected chi connectivity index (χ4v) is 1.89. The van der Waals surface area contributed by atoms with Gasteiger partial charge in [0.05, 0.1) is 0 Å². The molecule has 0 radical (unpaired) electrons. The number of carbonyl (C=O) groups is 1. The fraction of sp³-hybridized carbons (Fsp3) is 0.583. The molecule has 0 saturated heterocycles. The molecule has 2 amide bonds. The molecule has 4 heteroatoms. The summed E-state index contributed by atoms with van der Waals surface area (Å²) in [6.07, 6.45) is 0.904. The highest BCUT2D eigenvalue weighted by Gasteiger charge is 2.09. The van der Waals surface area contributed by atoms with Crippen molar-refractivity contribution < 1.29 is 4.79 Å². The molecule has 3 nitrogen and oxygen atoms in total. The van der Waals surface area contributed by atoms with Crippen LogP contribution < -0.4 is 10.6 Å². The first kappa shape index (κ1) is 13.0. The Balaban J connectivity index is 2.15. The van der Waals surface area contributed by atoms with E-state index in [4.69, 9.17) is 0 Å². The van der Waals surface area contributed by atoms with Crippen molar-refractivity contribution in [3.8, 4) is 0 Å². The van der Waals surface area contributed by atoms with Gasteiger partial charge in [0, 0.05) is 17.5 Å². The van der Waals surface area contributed by atoms with E-state index in [1.165, 1.54) is 4.88 Å². The van der Waals surface area contributed by atoms with Gasteiger partial charge < -0.3 is 10.6 Å². The van der Waals surface area contributed by atoms with E-state index in [-0.39, 0.29) is 12.1 Å². The first-order valence-corrected chi connectivity index (χ1v) is 6.54. The Morgan fingerprint density at radius 1 is 1.44 bits per heavy atom. The normalized spacial score (nSPS) is 12.5. The van der Waals surface area contributed by atoms with Gasteiger partial charge in [0.2, 0.25) is 0 Å². The molecule has 0 aliphatic heterocycles. The van der Waals surface area contributed by atoms with Crippen molar-refractivity contribution in [2.24, 2.45) is 5.92 Å². The molecule has 2 N–H and O–H groups in total. The first-order chi connectivity index (χ1) is 7.59. The third-order valence-electron chi connectivity index (χ3n) is 2.60. The summed E-state index contributed by atoms with van der Waals surface area (Å²) in [5.41, 5.74) is 0. The smallest absolute Gasteiger partial charge is 0.315 e. The SMILES string of the molecule is CC(C)C(C)NC(=O)NCCc1cccs1. The Morgan fingerprint density at radius 2 is 2.19 bits per heavy atom. The second kappa shape index (κ2) is 6.53. The summed E-state index contributed by atoms with van der Waals surface area (Å²) in [5.74, 6) is 0.461. The summed E-state index contributed by atoms with van der Waals surface area (Å²) in [5, 5.41) is 7.83. The molecule has 1 heterocycles. The van der Waals surface area contributed by atoms with Crippen LogP contribution >= 0.6 is 11.3 Å². The van der Waals surface area contributed by atoms with Crippen molar-refractivity contribution in [3.05, 3.63) is 22.4 Å². The Labute approximate surface area is 101 Å². The lowest BCUT2D eigenvalue weighted by Gasteiger charge is -2.17. The van der Waals surface area contributed by atoms with Crippen LogP contribution in [-0.2, 0) is 6.42 Å². The van der Waals surface area contributed by atoms with E-state index >= 15 is 0 Å². The summed E-state index contributed by atoms with van der Waals surface area (Å²) in [6, 6.07) is 4.25. The van der Waals surface area contributed by atoms with Crippen molar-refractivity contribution in [3.63, 3.8) is 0 Å². The number of nitrogens with one attached hydrogen (secondary N) is 2. The van der Waals surface area contributed by atoms with Gasteiger partial charge in [-0.15, -0.1) is 11.3 Å². The van der Waals surface area contributed by atoms with Gasteiger partial charge in [-0.2, -0.15) is 0 Å². The van der Waals surface area contributed by atoms with Crippen LogP contribution in [0.3, 0.4) is 0 Å². The molecule has 0 bridgehead atoms. The van der Waals surface area contributed by atoms with Crippen molar-refractivity contribution >= 4 is 17.4 Å². The number of amides is 2. The van der Waals surface area contributed by atoms with E-state index < -0.39 is 0 Å². The predicted molar refractivity (Wildman–Crippen MR) is 68.9 cm³/mol. The van der Waals surface area contributed by atoms with Crippen LogP contribution in [0.4, 0.5) is 4.79 Å². The Morgan fingerprint density at radius 3 is 2.75 bits per heavy atom. The van der Waals surface area contributed by atoms with Crippen molar-refractivity contribution in [1.29, 1.82) is 0 Å². The van der Waals surface area contributed by atoms with Crippen LogP contribution in [0.25, 0.3) is 0 Å². The molecule has 0 fully saturated rings. The zero-order chi connectivity index (χ0) is 12.0. The molecule has 0 aliphatic rings. The van der Waals surface area contributed by atoms with Gasteiger partial charge >= 0.3 is 6.03 Å². The van der Waals surface area contributed by atoms with E-state index in [1.54, 1.807) is 11.3 Å². The minimum atomic E-state index is -0.0715.